The van der Waals surface area contributed by atoms with E-state index in [0.717, 1.165) is 17.3 Å². The number of benzene rings is 1. The van der Waals surface area contributed by atoms with E-state index >= 15 is 0 Å². The van der Waals surface area contributed by atoms with E-state index in [1.165, 1.54) is 11.0 Å². The monoisotopic (exact) mass is 316 g/mol. The second-order valence-corrected chi connectivity index (χ2v) is 5.09. The van der Waals surface area contributed by atoms with Crippen LogP contribution in [0.3, 0.4) is 0 Å². The molecule has 0 bridgehead atoms. The Kier molecular flexibility index (Phi) is 6.12. The number of hydrogen-bond acceptors (Lipinski definition) is 1. The van der Waals surface area contributed by atoms with Gasteiger partial charge in [0, 0.05) is 30.2 Å². The molecule has 1 rings (SSSR count). The zero-order chi connectivity index (χ0) is 13.5. The summed E-state index contributed by atoms with van der Waals surface area (Å²) in [5, 5.41) is 2.79. The number of amides is 2. The molecule has 1 aromatic carbocycles. The lowest BCUT2D eigenvalue weighted by atomic mass is 10.2. The summed E-state index contributed by atoms with van der Waals surface area (Å²) in [5.41, 5.74) is 0.498. The molecule has 2 amide bonds. The Morgan fingerprint density at radius 2 is 2.22 bits per heavy atom. The highest BCUT2D eigenvalue weighted by atomic mass is 79.9. The van der Waals surface area contributed by atoms with Gasteiger partial charge in [-0.2, -0.15) is 0 Å². The van der Waals surface area contributed by atoms with Crippen molar-refractivity contribution in [2.24, 2.45) is 0 Å². The quantitative estimate of drug-likeness (QED) is 0.828. The van der Waals surface area contributed by atoms with Crippen molar-refractivity contribution < 1.29 is 9.18 Å². The van der Waals surface area contributed by atoms with E-state index in [0.29, 0.717) is 12.1 Å². The molecule has 18 heavy (non-hydrogen) atoms. The van der Waals surface area contributed by atoms with E-state index < -0.39 is 0 Å². The molecule has 1 N–H and O–H groups in total. The number of rotatable bonds is 5. The molecule has 0 aromatic heterocycles. The molecule has 3 nitrogen and oxygen atoms in total. The van der Waals surface area contributed by atoms with Gasteiger partial charge in [0.15, 0.2) is 0 Å². The van der Waals surface area contributed by atoms with Crippen molar-refractivity contribution in [3.8, 4) is 0 Å². The lowest BCUT2D eigenvalue weighted by Gasteiger charge is -2.18. The summed E-state index contributed by atoms with van der Waals surface area (Å²) in [5.74, 6) is -0.300. The van der Waals surface area contributed by atoms with Crippen molar-refractivity contribution in [1.82, 2.24) is 10.2 Å². The van der Waals surface area contributed by atoms with Gasteiger partial charge in [0.25, 0.3) is 0 Å². The fraction of sp³-hybridized carbons (Fsp3) is 0.462. The number of nitrogens with zero attached hydrogens (tertiary/aromatic N) is 1. The minimum Gasteiger partial charge on any atom is -0.338 e. The van der Waals surface area contributed by atoms with Crippen molar-refractivity contribution in [1.29, 1.82) is 0 Å². The van der Waals surface area contributed by atoms with Crippen molar-refractivity contribution in [3.63, 3.8) is 0 Å². The van der Waals surface area contributed by atoms with Crippen molar-refractivity contribution in [2.75, 3.05) is 13.6 Å². The van der Waals surface area contributed by atoms with Gasteiger partial charge in [0.05, 0.1) is 0 Å². The first-order valence-corrected chi connectivity index (χ1v) is 6.76. The predicted molar refractivity (Wildman–Crippen MR) is 73.9 cm³/mol. The van der Waals surface area contributed by atoms with E-state index in [2.05, 4.69) is 28.2 Å². The predicted octanol–water partition coefficient (Wildman–Crippen LogP) is 3.53. The molecule has 0 unspecified atom stereocenters. The topological polar surface area (TPSA) is 32.3 Å². The van der Waals surface area contributed by atoms with Gasteiger partial charge in [-0.05, 0) is 24.6 Å². The molecule has 0 aliphatic rings. The minimum absolute atomic E-state index is 0.178. The highest BCUT2D eigenvalue weighted by molar-refractivity contribution is 9.10. The second-order valence-electron chi connectivity index (χ2n) is 4.18. The van der Waals surface area contributed by atoms with Gasteiger partial charge in [0.2, 0.25) is 0 Å². The van der Waals surface area contributed by atoms with Gasteiger partial charge < -0.3 is 10.2 Å². The van der Waals surface area contributed by atoms with Gasteiger partial charge in [-0.25, -0.2) is 9.18 Å². The number of nitrogens with one attached hydrogen (secondary N) is 1. The fourth-order valence-corrected chi connectivity index (χ4v) is 1.91. The van der Waals surface area contributed by atoms with Crippen LogP contribution in [0.5, 0.6) is 0 Å². The van der Waals surface area contributed by atoms with Gasteiger partial charge in [-0.1, -0.05) is 29.3 Å². The highest BCUT2D eigenvalue weighted by Crippen LogP contribution is 2.16. The summed E-state index contributed by atoms with van der Waals surface area (Å²) in [6.07, 6.45) is 1.98. The SMILES string of the molecule is CCCCNC(=O)N(C)Cc1cc(Br)ccc1F. The van der Waals surface area contributed by atoms with Crippen molar-refractivity contribution >= 4 is 22.0 Å². The van der Waals surface area contributed by atoms with Crippen LogP contribution in [0.2, 0.25) is 0 Å². The number of carbonyl (C=O) groups excluding carboxylic acids is 1. The molecule has 0 aliphatic heterocycles. The summed E-state index contributed by atoms with van der Waals surface area (Å²) in [4.78, 5) is 13.2. The third kappa shape index (κ3) is 4.64. The van der Waals surface area contributed by atoms with Gasteiger partial charge in [-0.15, -0.1) is 0 Å². The van der Waals surface area contributed by atoms with E-state index in [-0.39, 0.29) is 18.4 Å². The maximum absolute atomic E-state index is 13.5. The Morgan fingerprint density at radius 3 is 2.89 bits per heavy atom. The van der Waals surface area contributed by atoms with Crippen LogP contribution in [0.25, 0.3) is 0 Å². The van der Waals surface area contributed by atoms with Gasteiger partial charge >= 0.3 is 6.03 Å². The summed E-state index contributed by atoms with van der Waals surface area (Å²) < 4.78 is 14.3. The summed E-state index contributed by atoms with van der Waals surface area (Å²) in [6, 6.07) is 4.54. The summed E-state index contributed by atoms with van der Waals surface area (Å²) in [7, 11) is 1.65. The molecular weight excluding hydrogens is 299 g/mol. The lowest BCUT2D eigenvalue weighted by molar-refractivity contribution is 0.206. The number of halogens is 2. The number of hydrogen-bond donors (Lipinski definition) is 1. The molecular formula is C13H18BrFN2O. The molecule has 0 radical (unpaired) electrons. The Labute approximate surface area is 115 Å². The number of unbranched alkanes of at least 4 members (excludes halogenated alkanes) is 1. The van der Waals surface area contributed by atoms with Crippen LogP contribution in [0, 0.1) is 5.82 Å². The van der Waals surface area contributed by atoms with Crippen molar-refractivity contribution in [2.45, 2.75) is 26.3 Å². The maximum atomic E-state index is 13.5. The second kappa shape index (κ2) is 7.36. The zero-order valence-electron chi connectivity index (χ0n) is 10.7. The molecule has 0 atom stereocenters. The molecule has 100 valence electrons. The summed E-state index contributed by atoms with van der Waals surface area (Å²) in [6.45, 7) is 2.97. The minimum atomic E-state index is -0.300. The average molecular weight is 317 g/mol. The van der Waals surface area contributed by atoms with Crippen molar-refractivity contribution in [3.05, 3.63) is 34.1 Å². The first kappa shape index (κ1) is 15.0. The molecule has 0 spiro atoms. The molecule has 1 aromatic rings. The lowest BCUT2D eigenvalue weighted by Crippen LogP contribution is -2.37. The normalized spacial score (nSPS) is 10.2. The zero-order valence-corrected chi connectivity index (χ0v) is 12.3. The molecule has 0 saturated carbocycles. The molecule has 0 heterocycles. The molecule has 0 saturated heterocycles. The third-order valence-corrected chi connectivity index (χ3v) is 3.06. The van der Waals surface area contributed by atoms with E-state index in [9.17, 15) is 9.18 Å². The Bertz CT molecular complexity index is 412. The Hall–Kier alpha value is -1.10. The van der Waals surface area contributed by atoms with Crippen LogP contribution in [0.15, 0.2) is 22.7 Å². The molecule has 0 aliphatic carbocycles. The largest absolute Gasteiger partial charge is 0.338 e. The maximum Gasteiger partial charge on any atom is 0.317 e. The number of carbonyl (C=O) groups is 1. The van der Waals surface area contributed by atoms with E-state index in [1.807, 2.05) is 0 Å². The van der Waals surface area contributed by atoms with Gasteiger partial charge in [-0.3, -0.25) is 0 Å². The smallest absolute Gasteiger partial charge is 0.317 e. The van der Waals surface area contributed by atoms with Crippen LogP contribution in [-0.4, -0.2) is 24.5 Å². The number of urea groups is 1. The van der Waals surface area contributed by atoms with Crippen LogP contribution in [0.1, 0.15) is 25.3 Å². The van der Waals surface area contributed by atoms with Crippen LogP contribution in [0.4, 0.5) is 9.18 Å². The fourth-order valence-electron chi connectivity index (χ4n) is 1.50. The van der Waals surface area contributed by atoms with Crippen LogP contribution >= 0.6 is 15.9 Å². The van der Waals surface area contributed by atoms with E-state index in [4.69, 9.17) is 0 Å². The Balaban J connectivity index is 2.55. The van der Waals surface area contributed by atoms with Crippen LogP contribution in [-0.2, 0) is 6.54 Å². The standard InChI is InChI=1S/C13H18BrFN2O/c1-3-4-7-16-13(18)17(2)9-10-8-11(14)5-6-12(10)15/h5-6,8H,3-4,7,9H2,1-2H3,(H,16,18). The first-order chi connectivity index (χ1) is 8.54. The van der Waals surface area contributed by atoms with E-state index in [1.54, 1.807) is 19.2 Å². The third-order valence-electron chi connectivity index (χ3n) is 2.57. The van der Waals surface area contributed by atoms with Gasteiger partial charge in [0.1, 0.15) is 5.82 Å². The average Bonchev–Trinajstić information content (AvgIpc) is 2.34. The highest BCUT2D eigenvalue weighted by Gasteiger charge is 2.11. The Morgan fingerprint density at radius 1 is 1.50 bits per heavy atom. The molecule has 0 fully saturated rings. The first-order valence-electron chi connectivity index (χ1n) is 5.97. The summed E-state index contributed by atoms with van der Waals surface area (Å²) >= 11 is 3.29. The molecule has 5 heteroatoms. The van der Waals surface area contributed by atoms with Crippen LogP contribution < -0.4 is 5.32 Å².